The zero-order valence-corrected chi connectivity index (χ0v) is 17.9. The van der Waals surface area contributed by atoms with Crippen LogP contribution in [0.1, 0.15) is 17.5 Å². The fraction of sp³-hybridized carbons (Fsp3) is 0.409. The summed E-state index contributed by atoms with van der Waals surface area (Å²) in [5, 5.41) is 0. The number of amides is 1. The van der Waals surface area contributed by atoms with Crippen LogP contribution in [0.4, 0.5) is 0 Å². The minimum Gasteiger partial charge on any atom is -0.493 e. The van der Waals surface area contributed by atoms with E-state index in [1.165, 1.54) is 9.87 Å². The Morgan fingerprint density at radius 1 is 0.967 bits per heavy atom. The normalized spacial score (nSPS) is 16.9. The Labute approximate surface area is 177 Å². The van der Waals surface area contributed by atoms with E-state index >= 15 is 0 Å². The van der Waals surface area contributed by atoms with Crippen LogP contribution in [-0.4, -0.2) is 63.4 Å². The molecule has 0 aromatic heterocycles. The molecule has 2 aliphatic rings. The first-order valence-corrected chi connectivity index (χ1v) is 11.6. The van der Waals surface area contributed by atoms with Gasteiger partial charge in [0.25, 0.3) is 5.91 Å². The number of carbonyl (C=O) groups excluding carboxylic acids is 1. The molecule has 0 unspecified atom stereocenters. The van der Waals surface area contributed by atoms with Gasteiger partial charge in [0.15, 0.2) is 18.1 Å². The van der Waals surface area contributed by atoms with Crippen molar-refractivity contribution in [2.75, 3.05) is 39.9 Å². The van der Waals surface area contributed by atoms with Crippen molar-refractivity contribution >= 4 is 15.9 Å². The fourth-order valence-electron chi connectivity index (χ4n) is 4.00. The van der Waals surface area contributed by atoms with Gasteiger partial charge in [0.05, 0.1) is 12.0 Å². The Morgan fingerprint density at radius 2 is 1.67 bits per heavy atom. The number of sulfonamides is 1. The number of para-hydroxylation sites is 2. The van der Waals surface area contributed by atoms with Crippen molar-refractivity contribution in [2.24, 2.45) is 0 Å². The second kappa shape index (κ2) is 8.65. The SMILES string of the molecule is COc1ccccc1OCC(=O)N1CCN(S(=O)(=O)c2ccc3c(c2)CCC3)CC1. The molecule has 1 fully saturated rings. The van der Waals surface area contributed by atoms with E-state index < -0.39 is 10.0 Å². The standard InChI is InChI=1S/C22H26N2O5S/c1-28-20-7-2-3-8-21(20)29-16-22(25)23-11-13-24(14-12-23)30(26,27)19-10-9-17-5-4-6-18(17)15-19/h2-3,7-10,15H,4-6,11-14,16H2,1H3. The van der Waals surface area contributed by atoms with Crippen molar-refractivity contribution < 1.29 is 22.7 Å². The maximum atomic E-state index is 13.0. The van der Waals surface area contributed by atoms with Crippen LogP contribution in [0.2, 0.25) is 0 Å². The third-order valence-electron chi connectivity index (χ3n) is 5.72. The van der Waals surface area contributed by atoms with Gasteiger partial charge in [-0.3, -0.25) is 4.79 Å². The summed E-state index contributed by atoms with van der Waals surface area (Å²) in [6, 6.07) is 12.6. The van der Waals surface area contributed by atoms with Crippen molar-refractivity contribution in [3.8, 4) is 11.5 Å². The summed E-state index contributed by atoms with van der Waals surface area (Å²) in [5.41, 5.74) is 2.39. The van der Waals surface area contributed by atoms with Gasteiger partial charge in [0.1, 0.15) is 0 Å². The molecule has 2 aromatic rings. The van der Waals surface area contributed by atoms with Gasteiger partial charge >= 0.3 is 0 Å². The third-order valence-corrected chi connectivity index (χ3v) is 7.61. The number of nitrogens with zero attached hydrogens (tertiary/aromatic N) is 2. The van der Waals surface area contributed by atoms with Crippen molar-refractivity contribution in [1.82, 2.24) is 9.21 Å². The lowest BCUT2D eigenvalue weighted by molar-refractivity contribution is -0.134. The lowest BCUT2D eigenvalue weighted by Crippen LogP contribution is -2.51. The van der Waals surface area contributed by atoms with Crippen LogP contribution in [0.25, 0.3) is 0 Å². The molecule has 1 aliphatic heterocycles. The molecule has 4 rings (SSSR count). The van der Waals surface area contributed by atoms with E-state index in [1.54, 1.807) is 30.2 Å². The molecular weight excluding hydrogens is 404 g/mol. The Balaban J connectivity index is 1.34. The second-order valence-corrected chi connectivity index (χ2v) is 9.45. The van der Waals surface area contributed by atoms with Crippen LogP contribution < -0.4 is 9.47 Å². The zero-order valence-electron chi connectivity index (χ0n) is 17.0. The first-order valence-electron chi connectivity index (χ1n) is 10.1. The third kappa shape index (κ3) is 4.15. The van der Waals surface area contributed by atoms with Crippen LogP contribution in [-0.2, 0) is 27.7 Å². The van der Waals surface area contributed by atoms with Crippen molar-refractivity contribution in [2.45, 2.75) is 24.2 Å². The molecule has 0 bridgehead atoms. The predicted molar refractivity (Wildman–Crippen MR) is 112 cm³/mol. The number of hydrogen-bond donors (Lipinski definition) is 0. The Morgan fingerprint density at radius 3 is 2.40 bits per heavy atom. The van der Waals surface area contributed by atoms with Crippen LogP contribution in [0.5, 0.6) is 11.5 Å². The van der Waals surface area contributed by atoms with E-state index in [4.69, 9.17) is 9.47 Å². The predicted octanol–water partition coefficient (Wildman–Crippen LogP) is 2.10. The van der Waals surface area contributed by atoms with E-state index in [0.717, 1.165) is 24.8 Å². The van der Waals surface area contributed by atoms with Crippen LogP contribution >= 0.6 is 0 Å². The number of rotatable bonds is 6. The second-order valence-electron chi connectivity index (χ2n) is 7.51. The molecule has 0 spiro atoms. The summed E-state index contributed by atoms with van der Waals surface area (Å²) in [4.78, 5) is 14.5. The summed E-state index contributed by atoms with van der Waals surface area (Å²) in [5.74, 6) is 0.900. The first-order chi connectivity index (χ1) is 14.5. The molecule has 1 saturated heterocycles. The number of piperazine rings is 1. The Bertz CT molecular complexity index is 1030. The quantitative estimate of drug-likeness (QED) is 0.702. The molecule has 160 valence electrons. The van der Waals surface area contributed by atoms with E-state index in [2.05, 4.69) is 0 Å². The highest BCUT2D eigenvalue weighted by Gasteiger charge is 2.31. The number of methoxy groups -OCH3 is 1. The van der Waals surface area contributed by atoms with E-state index in [9.17, 15) is 13.2 Å². The molecule has 0 radical (unpaired) electrons. The maximum absolute atomic E-state index is 13.0. The number of carbonyl (C=O) groups is 1. The summed E-state index contributed by atoms with van der Waals surface area (Å²) >= 11 is 0. The minimum atomic E-state index is -3.55. The Hall–Kier alpha value is -2.58. The van der Waals surface area contributed by atoms with Gasteiger partial charge in [0.2, 0.25) is 10.0 Å². The molecule has 1 amide bonds. The van der Waals surface area contributed by atoms with Crippen LogP contribution in [0, 0.1) is 0 Å². The summed E-state index contributed by atoms with van der Waals surface area (Å²) in [7, 11) is -2.00. The molecule has 7 nitrogen and oxygen atoms in total. The van der Waals surface area contributed by atoms with Crippen LogP contribution in [0.15, 0.2) is 47.4 Å². The minimum absolute atomic E-state index is 0.113. The molecule has 0 N–H and O–H groups in total. The number of hydrogen-bond acceptors (Lipinski definition) is 5. The van der Waals surface area contributed by atoms with Gasteiger partial charge in [-0.1, -0.05) is 18.2 Å². The molecule has 1 aliphatic carbocycles. The van der Waals surface area contributed by atoms with Gasteiger partial charge in [-0.15, -0.1) is 0 Å². The molecule has 2 aromatic carbocycles. The number of benzene rings is 2. The van der Waals surface area contributed by atoms with E-state index in [1.807, 2.05) is 24.3 Å². The summed E-state index contributed by atoms with van der Waals surface area (Å²) < 4.78 is 38.3. The molecule has 0 saturated carbocycles. The lowest BCUT2D eigenvalue weighted by atomic mass is 10.1. The molecule has 0 atom stereocenters. The first kappa shape index (κ1) is 20.7. The number of aryl methyl sites for hydroxylation is 2. The Kier molecular flexibility index (Phi) is 5.97. The maximum Gasteiger partial charge on any atom is 0.260 e. The van der Waals surface area contributed by atoms with Gasteiger partial charge in [-0.2, -0.15) is 4.31 Å². The van der Waals surface area contributed by atoms with Crippen molar-refractivity contribution in [3.05, 3.63) is 53.6 Å². The van der Waals surface area contributed by atoms with E-state index in [0.29, 0.717) is 29.5 Å². The molecule has 8 heteroatoms. The van der Waals surface area contributed by atoms with Crippen LogP contribution in [0.3, 0.4) is 0 Å². The van der Waals surface area contributed by atoms with E-state index in [-0.39, 0.29) is 25.6 Å². The number of ether oxygens (including phenoxy) is 2. The zero-order chi connectivity index (χ0) is 21.1. The highest BCUT2D eigenvalue weighted by Crippen LogP contribution is 2.27. The lowest BCUT2D eigenvalue weighted by Gasteiger charge is -2.34. The average molecular weight is 431 g/mol. The number of fused-ring (bicyclic) bond motifs is 1. The largest absolute Gasteiger partial charge is 0.493 e. The molecule has 30 heavy (non-hydrogen) atoms. The van der Waals surface area contributed by atoms with Gasteiger partial charge in [0, 0.05) is 26.2 Å². The fourth-order valence-corrected chi connectivity index (χ4v) is 5.48. The van der Waals surface area contributed by atoms with Crippen molar-refractivity contribution in [3.63, 3.8) is 0 Å². The smallest absolute Gasteiger partial charge is 0.260 e. The average Bonchev–Trinajstić information content (AvgIpc) is 3.25. The monoisotopic (exact) mass is 430 g/mol. The summed E-state index contributed by atoms with van der Waals surface area (Å²) in [6.07, 6.45) is 3.04. The summed E-state index contributed by atoms with van der Waals surface area (Å²) in [6.45, 7) is 1.13. The van der Waals surface area contributed by atoms with Gasteiger partial charge < -0.3 is 14.4 Å². The highest BCUT2D eigenvalue weighted by atomic mass is 32.2. The van der Waals surface area contributed by atoms with Gasteiger partial charge in [-0.25, -0.2) is 8.42 Å². The topological polar surface area (TPSA) is 76.2 Å². The molecule has 1 heterocycles. The van der Waals surface area contributed by atoms with Crippen molar-refractivity contribution in [1.29, 1.82) is 0 Å². The molecular formula is C22H26N2O5S. The highest BCUT2D eigenvalue weighted by molar-refractivity contribution is 7.89. The van der Waals surface area contributed by atoms with Gasteiger partial charge in [-0.05, 0) is 54.7 Å².